The summed E-state index contributed by atoms with van der Waals surface area (Å²) < 4.78 is 1.86. The second-order valence-electron chi connectivity index (χ2n) is 7.76. The molecule has 6 heteroatoms. The Labute approximate surface area is 151 Å². The van der Waals surface area contributed by atoms with Crippen molar-refractivity contribution in [1.29, 1.82) is 0 Å². The predicted octanol–water partition coefficient (Wildman–Crippen LogP) is 1.58. The van der Waals surface area contributed by atoms with Crippen LogP contribution in [0.15, 0.2) is 18.5 Å². The Kier molecular flexibility index (Phi) is 6.48. The molecule has 140 valence electrons. The van der Waals surface area contributed by atoms with E-state index in [1.165, 1.54) is 25.9 Å². The van der Waals surface area contributed by atoms with E-state index >= 15 is 0 Å². The lowest BCUT2D eigenvalue weighted by molar-refractivity contribution is -0.127. The van der Waals surface area contributed by atoms with Crippen LogP contribution in [0.2, 0.25) is 0 Å². The third-order valence-corrected chi connectivity index (χ3v) is 5.77. The lowest BCUT2D eigenvalue weighted by atomic mass is 9.93. The highest BCUT2D eigenvalue weighted by Gasteiger charge is 2.31. The van der Waals surface area contributed by atoms with Gasteiger partial charge >= 0.3 is 0 Å². The molecule has 0 bridgehead atoms. The zero-order valence-corrected chi connectivity index (χ0v) is 15.7. The summed E-state index contributed by atoms with van der Waals surface area (Å²) in [4.78, 5) is 17.7. The third kappa shape index (κ3) is 5.05. The van der Waals surface area contributed by atoms with E-state index < -0.39 is 0 Å². The van der Waals surface area contributed by atoms with Crippen LogP contribution >= 0.6 is 0 Å². The van der Waals surface area contributed by atoms with E-state index in [4.69, 9.17) is 0 Å². The molecule has 1 aromatic rings. The van der Waals surface area contributed by atoms with Crippen LogP contribution in [0.1, 0.15) is 39.5 Å². The smallest absolute Gasteiger partial charge is 0.224 e. The van der Waals surface area contributed by atoms with Crippen molar-refractivity contribution in [3.8, 4) is 0 Å². The van der Waals surface area contributed by atoms with Crippen LogP contribution in [0, 0.1) is 5.92 Å². The number of carbonyl (C=O) groups is 1. The van der Waals surface area contributed by atoms with Crippen LogP contribution in [-0.4, -0.2) is 70.3 Å². The Hall–Kier alpha value is -1.40. The van der Waals surface area contributed by atoms with Gasteiger partial charge in [-0.15, -0.1) is 0 Å². The molecule has 2 saturated heterocycles. The van der Waals surface area contributed by atoms with Gasteiger partial charge in [0, 0.05) is 37.6 Å². The summed E-state index contributed by atoms with van der Waals surface area (Å²) in [7, 11) is 0. The Bertz CT molecular complexity index is 522. The molecule has 0 aliphatic carbocycles. The number of carbonyl (C=O) groups excluding carboxylic acids is 1. The number of likely N-dealkylation sites (tertiary alicyclic amines) is 2. The molecule has 1 atom stereocenters. The summed E-state index contributed by atoms with van der Waals surface area (Å²) in [5.41, 5.74) is 0. The number of hydrogen-bond donors (Lipinski definition) is 1. The molecule has 1 N–H and O–H groups in total. The molecule has 0 aromatic carbocycles. The first kappa shape index (κ1) is 18.4. The minimum absolute atomic E-state index is 0.148. The number of aromatic nitrogens is 2. The van der Waals surface area contributed by atoms with Gasteiger partial charge in [-0.25, -0.2) is 0 Å². The Morgan fingerprint density at radius 3 is 2.72 bits per heavy atom. The average Bonchev–Trinajstić information content (AvgIpc) is 3.15. The van der Waals surface area contributed by atoms with E-state index in [0.29, 0.717) is 18.6 Å². The van der Waals surface area contributed by atoms with Crippen molar-refractivity contribution in [3.63, 3.8) is 0 Å². The van der Waals surface area contributed by atoms with Crippen LogP contribution in [0.4, 0.5) is 0 Å². The molecule has 0 radical (unpaired) electrons. The highest BCUT2D eigenvalue weighted by atomic mass is 16.1. The molecule has 1 unspecified atom stereocenters. The molecule has 3 rings (SSSR count). The number of nitrogens with one attached hydrogen (secondary N) is 1. The van der Waals surface area contributed by atoms with Gasteiger partial charge in [0.1, 0.15) is 0 Å². The summed E-state index contributed by atoms with van der Waals surface area (Å²) in [6.07, 6.45) is 8.34. The van der Waals surface area contributed by atoms with E-state index in [2.05, 4.69) is 34.1 Å². The van der Waals surface area contributed by atoms with Crippen LogP contribution < -0.4 is 5.32 Å². The maximum absolute atomic E-state index is 12.5. The van der Waals surface area contributed by atoms with E-state index in [1.54, 1.807) is 6.20 Å². The normalized spacial score (nSPS) is 23.9. The number of amides is 1. The van der Waals surface area contributed by atoms with Crippen LogP contribution in [0.3, 0.4) is 0 Å². The Morgan fingerprint density at radius 2 is 2.04 bits per heavy atom. The monoisotopic (exact) mass is 347 g/mol. The number of rotatable bonds is 6. The Morgan fingerprint density at radius 1 is 1.24 bits per heavy atom. The molecule has 2 aliphatic rings. The fraction of sp³-hybridized carbons (Fsp3) is 0.789. The molecule has 0 saturated carbocycles. The van der Waals surface area contributed by atoms with Crippen LogP contribution in [0.5, 0.6) is 0 Å². The van der Waals surface area contributed by atoms with Gasteiger partial charge in [0.05, 0.1) is 12.5 Å². The second kappa shape index (κ2) is 8.81. The first-order valence-electron chi connectivity index (χ1n) is 9.86. The molecular weight excluding hydrogens is 314 g/mol. The topological polar surface area (TPSA) is 53.4 Å². The van der Waals surface area contributed by atoms with Crippen LogP contribution in [-0.2, 0) is 11.3 Å². The fourth-order valence-electron chi connectivity index (χ4n) is 4.19. The highest BCUT2D eigenvalue weighted by molar-refractivity contribution is 5.78. The SMILES string of the molecule is CC(C)N1CCC(N2CCCC(C(=O)NCCn3cccn3)C2)CC1. The lowest BCUT2D eigenvalue weighted by Gasteiger charge is -2.43. The van der Waals surface area contributed by atoms with Crippen molar-refractivity contribution in [2.75, 3.05) is 32.7 Å². The summed E-state index contributed by atoms with van der Waals surface area (Å²) in [5, 5.41) is 7.27. The quantitative estimate of drug-likeness (QED) is 0.849. The van der Waals surface area contributed by atoms with Gasteiger partial charge in [0.15, 0.2) is 0 Å². The van der Waals surface area contributed by atoms with Crippen LogP contribution in [0.25, 0.3) is 0 Å². The molecule has 6 nitrogen and oxygen atoms in total. The van der Waals surface area contributed by atoms with E-state index in [0.717, 1.165) is 32.5 Å². The van der Waals surface area contributed by atoms with Crippen molar-refractivity contribution in [2.24, 2.45) is 5.92 Å². The van der Waals surface area contributed by atoms with E-state index in [9.17, 15) is 4.79 Å². The molecule has 2 aliphatic heterocycles. The summed E-state index contributed by atoms with van der Waals surface area (Å²) >= 11 is 0. The molecular formula is C19H33N5O. The molecule has 1 aromatic heterocycles. The lowest BCUT2D eigenvalue weighted by Crippen LogP contribution is -2.51. The zero-order chi connectivity index (χ0) is 17.6. The largest absolute Gasteiger partial charge is 0.354 e. The minimum Gasteiger partial charge on any atom is -0.354 e. The Balaban J connectivity index is 1.42. The standard InChI is InChI=1S/C19H33N5O/c1-16(2)22-12-6-18(7-13-22)23-10-3-5-17(15-23)19(25)20-9-14-24-11-4-8-21-24/h4,8,11,16-18H,3,5-7,9-10,12-15H2,1-2H3,(H,20,25). The van der Waals surface area contributed by atoms with Crippen molar-refractivity contribution < 1.29 is 4.79 Å². The van der Waals surface area contributed by atoms with E-state index in [1.807, 2.05) is 16.9 Å². The number of hydrogen-bond acceptors (Lipinski definition) is 4. The molecule has 25 heavy (non-hydrogen) atoms. The van der Waals surface area contributed by atoms with E-state index in [-0.39, 0.29) is 11.8 Å². The van der Waals surface area contributed by atoms with Gasteiger partial charge in [0.2, 0.25) is 5.91 Å². The molecule has 1 amide bonds. The summed E-state index contributed by atoms with van der Waals surface area (Å²) in [5.74, 6) is 0.367. The van der Waals surface area contributed by atoms with Gasteiger partial charge in [-0.3, -0.25) is 14.4 Å². The van der Waals surface area contributed by atoms with Gasteiger partial charge in [-0.05, 0) is 65.2 Å². The van der Waals surface area contributed by atoms with Gasteiger partial charge in [0.25, 0.3) is 0 Å². The molecule has 2 fully saturated rings. The second-order valence-corrected chi connectivity index (χ2v) is 7.76. The fourth-order valence-corrected chi connectivity index (χ4v) is 4.19. The third-order valence-electron chi connectivity index (χ3n) is 5.77. The minimum atomic E-state index is 0.148. The van der Waals surface area contributed by atoms with Crippen molar-refractivity contribution in [1.82, 2.24) is 24.9 Å². The van der Waals surface area contributed by atoms with Gasteiger partial charge < -0.3 is 10.2 Å². The number of nitrogens with zero attached hydrogens (tertiary/aromatic N) is 4. The summed E-state index contributed by atoms with van der Waals surface area (Å²) in [6.45, 7) is 10.4. The van der Waals surface area contributed by atoms with Gasteiger partial charge in [-0.2, -0.15) is 5.10 Å². The molecule has 3 heterocycles. The van der Waals surface area contributed by atoms with Crippen molar-refractivity contribution in [2.45, 2.75) is 58.2 Å². The first-order valence-corrected chi connectivity index (χ1v) is 9.86. The molecule has 0 spiro atoms. The van der Waals surface area contributed by atoms with Gasteiger partial charge in [-0.1, -0.05) is 0 Å². The maximum Gasteiger partial charge on any atom is 0.224 e. The average molecular weight is 348 g/mol. The van der Waals surface area contributed by atoms with Crippen molar-refractivity contribution >= 4 is 5.91 Å². The number of piperidine rings is 2. The maximum atomic E-state index is 12.5. The van der Waals surface area contributed by atoms with Crippen molar-refractivity contribution in [3.05, 3.63) is 18.5 Å². The first-order chi connectivity index (χ1) is 12.1. The zero-order valence-electron chi connectivity index (χ0n) is 15.7. The summed E-state index contributed by atoms with van der Waals surface area (Å²) in [6, 6.07) is 3.22. The highest BCUT2D eigenvalue weighted by Crippen LogP contribution is 2.24. The predicted molar refractivity (Wildman–Crippen MR) is 99.3 cm³/mol.